The fourth-order valence-electron chi connectivity index (χ4n) is 1.41. The van der Waals surface area contributed by atoms with Crippen LogP contribution in [0.3, 0.4) is 0 Å². The highest BCUT2D eigenvalue weighted by molar-refractivity contribution is 5.88. The molecule has 5 heteroatoms. The molecule has 88 valence electrons. The highest BCUT2D eigenvalue weighted by Crippen LogP contribution is 2.20. The zero-order chi connectivity index (χ0) is 12.8. The van der Waals surface area contributed by atoms with E-state index < -0.39 is 11.9 Å². The Morgan fingerprint density at radius 2 is 2.00 bits per heavy atom. The summed E-state index contributed by atoms with van der Waals surface area (Å²) in [7, 11) is 0. The van der Waals surface area contributed by atoms with E-state index in [9.17, 15) is 9.59 Å². The van der Waals surface area contributed by atoms with Crippen molar-refractivity contribution >= 4 is 17.6 Å². The lowest BCUT2D eigenvalue weighted by Crippen LogP contribution is -2.07. The number of carbonyl (C=O) groups is 2. The van der Waals surface area contributed by atoms with Crippen LogP contribution in [0.4, 0.5) is 5.69 Å². The minimum Gasteiger partial charge on any atom is -0.481 e. The number of rotatable bonds is 4. The molecule has 0 heterocycles. The number of carboxylic acids is 1. The summed E-state index contributed by atoms with van der Waals surface area (Å²) in [6, 6.07) is 8.51. The Balaban J connectivity index is 2.82. The van der Waals surface area contributed by atoms with E-state index in [0.29, 0.717) is 11.3 Å². The average molecular weight is 232 g/mol. The Morgan fingerprint density at radius 1 is 1.41 bits per heavy atom. The first-order valence-electron chi connectivity index (χ1n) is 5.02. The number of nitrogens with one attached hydrogen (secondary N) is 1. The van der Waals surface area contributed by atoms with Gasteiger partial charge in [0.25, 0.3) is 0 Å². The third kappa shape index (κ3) is 3.95. The van der Waals surface area contributed by atoms with Gasteiger partial charge in [0.15, 0.2) is 0 Å². The van der Waals surface area contributed by atoms with Gasteiger partial charge in [0.2, 0.25) is 5.91 Å². The van der Waals surface area contributed by atoms with E-state index in [1.54, 1.807) is 24.3 Å². The molecule has 0 spiro atoms. The summed E-state index contributed by atoms with van der Waals surface area (Å²) in [6.07, 6.45) is -0.226. The van der Waals surface area contributed by atoms with Crippen molar-refractivity contribution in [2.75, 3.05) is 5.32 Å². The zero-order valence-corrected chi connectivity index (χ0v) is 9.30. The van der Waals surface area contributed by atoms with Crippen LogP contribution in [0.1, 0.15) is 24.8 Å². The number of carbonyl (C=O) groups excluding carboxylic acids is 1. The van der Waals surface area contributed by atoms with E-state index in [0.717, 1.165) is 0 Å². The van der Waals surface area contributed by atoms with Crippen molar-refractivity contribution in [1.29, 1.82) is 5.26 Å². The van der Waals surface area contributed by atoms with E-state index in [-0.39, 0.29) is 12.3 Å². The molecule has 1 unspecified atom stereocenters. The van der Waals surface area contributed by atoms with Gasteiger partial charge in [-0.3, -0.25) is 9.59 Å². The number of benzene rings is 1. The van der Waals surface area contributed by atoms with E-state index in [1.165, 1.54) is 6.92 Å². The third-order valence-corrected chi connectivity index (χ3v) is 2.17. The number of aliphatic carboxylic acids is 1. The Bertz CT molecular complexity index is 460. The summed E-state index contributed by atoms with van der Waals surface area (Å²) in [5.41, 5.74) is 1.25. The molecule has 1 aromatic rings. The molecule has 0 aromatic heterocycles. The van der Waals surface area contributed by atoms with Crippen molar-refractivity contribution < 1.29 is 14.7 Å². The molecule has 1 aromatic carbocycles. The Hall–Kier alpha value is -2.35. The monoisotopic (exact) mass is 232 g/mol. The summed E-state index contributed by atoms with van der Waals surface area (Å²) >= 11 is 0. The SMILES string of the molecule is CC(=O)Nc1ccc(C(C#N)CC(=O)O)cc1. The Morgan fingerprint density at radius 3 is 2.41 bits per heavy atom. The largest absolute Gasteiger partial charge is 0.481 e. The fraction of sp³-hybridized carbons (Fsp3) is 0.250. The van der Waals surface area contributed by atoms with Gasteiger partial charge in [-0.15, -0.1) is 0 Å². The molecule has 0 radical (unpaired) electrons. The number of carboxylic acid groups (broad SMARTS) is 1. The first-order chi connectivity index (χ1) is 8.02. The average Bonchev–Trinajstić information content (AvgIpc) is 2.26. The number of nitriles is 1. The molecule has 1 atom stereocenters. The minimum absolute atomic E-state index is 0.180. The molecule has 0 fully saturated rings. The standard InChI is InChI=1S/C12H12N2O3/c1-8(15)14-11-4-2-9(3-5-11)10(7-13)6-12(16)17/h2-5,10H,6H2,1H3,(H,14,15)(H,16,17). The van der Waals surface area contributed by atoms with Gasteiger partial charge in [-0.05, 0) is 17.7 Å². The van der Waals surface area contributed by atoms with Crippen LogP contribution in [-0.2, 0) is 9.59 Å². The number of hydrogen-bond acceptors (Lipinski definition) is 3. The van der Waals surface area contributed by atoms with Gasteiger partial charge in [0.1, 0.15) is 0 Å². The molecule has 0 saturated heterocycles. The summed E-state index contributed by atoms with van der Waals surface area (Å²) in [6.45, 7) is 1.40. The topological polar surface area (TPSA) is 90.2 Å². The van der Waals surface area contributed by atoms with E-state index >= 15 is 0 Å². The summed E-state index contributed by atoms with van der Waals surface area (Å²) in [4.78, 5) is 21.3. The van der Waals surface area contributed by atoms with Gasteiger partial charge in [-0.2, -0.15) is 5.26 Å². The first kappa shape index (κ1) is 12.7. The second-order valence-corrected chi connectivity index (χ2v) is 3.58. The Kier molecular flexibility index (Phi) is 4.23. The number of nitrogens with zero attached hydrogens (tertiary/aromatic N) is 1. The molecule has 5 nitrogen and oxygen atoms in total. The maximum absolute atomic E-state index is 10.8. The lowest BCUT2D eigenvalue weighted by molar-refractivity contribution is -0.137. The van der Waals surface area contributed by atoms with Crippen LogP contribution >= 0.6 is 0 Å². The lowest BCUT2D eigenvalue weighted by Gasteiger charge is -2.08. The molecule has 17 heavy (non-hydrogen) atoms. The zero-order valence-electron chi connectivity index (χ0n) is 9.30. The fourth-order valence-corrected chi connectivity index (χ4v) is 1.41. The summed E-state index contributed by atoms with van der Waals surface area (Å²) in [5.74, 6) is -1.86. The molecule has 0 aliphatic rings. The minimum atomic E-state index is -1.01. The molecular weight excluding hydrogens is 220 g/mol. The summed E-state index contributed by atoms with van der Waals surface area (Å²) < 4.78 is 0. The summed E-state index contributed by atoms with van der Waals surface area (Å²) in [5, 5.41) is 20.1. The maximum Gasteiger partial charge on any atom is 0.305 e. The number of hydrogen-bond donors (Lipinski definition) is 2. The Labute approximate surface area is 98.7 Å². The second kappa shape index (κ2) is 5.66. The highest BCUT2D eigenvalue weighted by atomic mass is 16.4. The molecule has 2 N–H and O–H groups in total. The molecule has 1 rings (SSSR count). The van der Waals surface area contributed by atoms with E-state index in [1.807, 2.05) is 6.07 Å². The van der Waals surface area contributed by atoms with Crippen LogP contribution in [0.5, 0.6) is 0 Å². The van der Waals surface area contributed by atoms with Crippen molar-refractivity contribution in [3.63, 3.8) is 0 Å². The van der Waals surface area contributed by atoms with Gasteiger partial charge >= 0.3 is 5.97 Å². The van der Waals surface area contributed by atoms with Crippen LogP contribution in [0.2, 0.25) is 0 Å². The van der Waals surface area contributed by atoms with Crippen molar-refractivity contribution in [3.05, 3.63) is 29.8 Å². The van der Waals surface area contributed by atoms with Crippen LogP contribution in [-0.4, -0.2) is 17.0 Å². The van der Waals surface area contributed by atoms with Gasteiger partial charge < -0.3 is 10.4 Å². The predicted molar refractivity (Wildman–Crippen MR) is 61.4 cm³/mol. The quantitative estimate of drug-likeness (QED) is 0.827. The molecule has 0 saturated carbocycles. The van der Waals surface area contributed by atoms with E-state index in [4.69, 9.17) is 10.4 Å². The predicted octanol–water partition coefficient (Wildman–Crippen LogP) is 1.73. The molecule has 1 amide bonds. The maximum atomic E-state index is 10.8. The lowest BCUT2D eigenvalue weighted by atomic mass is 9.97. The second-order valence-electron chi connectivity index (χ2n) is 3.58. The van der Waals surface area contributed by atoms with Gasteiger partial charge in [-0.25, -0.2) is 0 Å². The van der Waals surface area contributed by atoms with Gasteiger partial charge in [0, 0.05) is 12.6 Å². The number of amides is 1. The molecule has 0 aliphatic carbocycles. The molecular formula is C12H12N2O3. The molecule has 0 bridgehead atoms. The van der Waals surface area contributed by atoms with Crippen LogP contribution in [0.25, 0.3) is 0 Å². The van der Waals surface area contributed by atoms with Crippen molar-refractivity contribution in [2.45, 2.75) is 19.3 Å². The highest BCUT2D eigenvalue weighted by Gasteiger charge is 2.14. The van der Waals surface area contributed by atoms with Crippen LogP contribution in [0.15, 0.2) is 24.3 Å². The van der Waals surface area contributed by atoms with E-state index in [2.05, 4.69) is 5.32 Å². The van der Waals surface area contributed by atoms with Gasteiger partial charge in [-0.1, -0.05) is 12.1 Å². The van der Waals surface area contributed by atoms with Crippen molar-refractivity contribution in [1.82, 2.24) is 0 Å². The third-order valence-electron chi connectivity index (χ3n) is 2.17. The first-order valence-corrected chi connectivity index (χ1v) is 5.02. The van der Waals surface area contributed by atoms with Crippen LogP contribution < -0.4 is 5.32 Å². The van der Waals surface area contributed by atoms with Gasteiger partial charge in [0.05, 0.1) is 18.4 Å². The molecule has 0 aliphatic heterocycles. The van der Waals surface area contributed by atoms with Crippen molar-refractivity contribution in [2.24, 2.45) is 0 Å². The van der Waals surface area contributed by atoms with Crippen molar-refractivity contribution in [3.8, 4) is 6.07 Å². The normalized spacial score (nSPS) is 11.3. The van der Waals surface area contributed by atoms with Crippen LogP contribution in [0, 0.1) is 11.3 Å². The smallest absolute Gasteiger partial charge is 0.305 e. The number of anilines is 1.